The van der Waals surface area contributed by atoms with E-state index in [0.717, 1.165) is 48.3 Å². The molecular formula is C27H32N6O3. The number of hydrogen-bond acceptors (Lipinski definition) is 6. The highest BCUT2D eigenvalue weighted by molar-refractivity contribution is 6.25. The van der Waals surface area contributed by atoms with Crippen molar-refractivity contribution in [1.82, 2.24) is 29.8 Å². The van der Waals surface area contributed by atoms with Gasteiger partial charge in [-0.2, -0.15) is 5.10 Å². The number of benzene rings is 2. The number of imide groups is 1. The monoisotopic (exact) mass is 488 g/mol. The Morgan fingerprint density at radius 3 is 2.14 bits per heavy atom. The summed E-state index contributed by atoms with van der Waals surface area (Å²) in [5.74, 6) is -0.428. The molecule has 36 heavy (non-hydrogen) atoms. The van der Waals surface area contributed by atoms with Crippen LogP contribution in [0.15, 0.2) is 42.5 Å². The van der Waals surface area contributed by atoms with Gasteiger partial charge in [0, 0.05) is 68.0 Å². The minimum atomic E-state index is -0.222. The van der Waals surface area contributed by atoms with Crippen LogP contribution in [-0.4, -0.2) is 94.6 Å². The van der Waals surface area contributed by atoms with E-state index < -0.39 is 0 Å². The fourth-order valence-corrected chi connectivity index (χ4v) is 5.16. The van der Waals surface area contributed by atoms with Gasteiger partial charge >= 0.3 is 0 Å². The number of nitrogens with one attached hydrogen (secondary N) is 1. The maximum Gasteiger partial charge on any atom is 0.261 e. The SMILES string of the molecule is Cc1cc(C)n(CCNC(=O)CN2CCN(CCN3C(=O)c4cccc5cccc(c45)C3=O)CC2)n1. The third-order valence-electron chi connectivity index (χ3n) is 7.08. The standard InChI is InChI=1S/C27H32N6O3/c1-19-17-20(2)33(29-19)10-9-28-24(34)18-31-13-11-30(12-14-31)15-16-32-26(35)22-7-3-5-21-6-4-8-23(25(21)22)27(32)36/h3-8,17H,9-16,18H2,1-2H3,(H,28,34). The molecule has 0 aliphatic carbocycles. The summed E-state index contributed by atoms with van der Waals surface area (Å²) in [4.78, 5) is 44.3. The van der Waals surface area contributed by atoms with E-state index in [1.807, 2.05) is 48.9 Å². The Bertz CT molecular complexity index is 1260. The van der Waals surface area contributed by atoms with Crippen molar-refractivity contribution in [1.29, 1.82) is 0 Å². The van der Waals surface area contributed by atoms with E-state index >= 15 is 0 Å². The molecule has 1 fully saturated rings. The summed E-state index contributed by atoms with van der Waals surface area (Å²) >= 11 is 0. The first-order valence-electron chi connectivity index (χ1n) is 12.5. The van der Waals surface area contributed by atoms with Gasteiger partial charge in [-0.3, -0.25) is 33.8 Å². The van der Waals surface area contributed by atoms with Gasteiger partial charge < -0.3 is 5.32 Å². The Balaban J connectivity index is 1.07. The molecule has 1 N–H and O–H groups in total. The normalized spacial score (nSPS) is 16.7. The van der Waals surface area contributed by atoms with Gasteiger partial charge in [0.05, 0.1) is 18.8 Å². The molecule has 2 aliphatic heterocycles. The first-order chi connectivity index (χ1) is 17.4. The van der Waals surface area contributed by atoms with E-state index in [1.54, 1.807) is 12.1 Å². The molecule has 0 radical (unpaired) electrons. The summed E-state index contributed by atoms with van der Waals surface area (Å²) < 4.78 is 1.91. The van der Waals surface area contributed by atoms with Crippen LogP contribution in [0, 0.1) is 13.8 Å². The molecule has 188 valence electrons. The van der Waals surface area contributed by atoms with Crippen molar-refractivity contribution in [3.05, 3.63) is 65.0 Å². The van der Waals surface area contributed by atoms with Crippen LogP contribution in [0.4, 0.5) is 0 Å². The highest BCUT2D eigenvalue weighted by Crippen LogP contribution is 2.29. The number of hydrogen-bond donors (Lipinski definition) is 1. The first kappa shape index (κ1) is 24.1. The summed E-state index contributed by atoms with van der Waals surface area (Å²) in [7, 11) is 0. The van der Waals surface area contributed by atoms with Gasteiger partial charge in [0.2, 0.25) is 5.91 Å². The maximum absolute atomic E-state index is 13.1. The van der Waals surface area contributed by atoms with E-state index in [-0.39, 0.29) is 17.7 Å². The zero-order chi connectivity index (χ0) is 25.2. The average Bonchev–Trinajstić information content (AvgIpc) is 3.19. The lowest BCUT2D eigenvalue weighted by Gasteiger charge is -2.35. The van der Waals surface area contributed by atoms with Gasteiger partial charge in [0.1, 0.15) is 0 Å². The van der Waals surface area contributed by atoms with Crippen molar-refractivity contribution < 1.29 is 14.4 Å². The van der Waals surface area contributed by atoms with Gasteiger partial charge in [-0.25, -0.2) is 0 Å². The molecule has 2 aromatic carbocycles. The predicted molar refractivity (Wildman–Crippen MR) is 137 cm³/mol. The average molecular weight is 489 g/mol. The van der Waals surface area contributed by atoms with Crippen molar-refractivity contribution in [3.8, 4) is 0 Å². The quantitative estimate of drug-likeness (QED) is 0.486. The molecule has 0 spiro atoms. The number of carbonyl (C=O) groups is 3. The van der Waals surface area contributed by atoms with E-state index in [2.05, 4.69) is 20.2 Å². The molecule has 0 bridgehead atoms. The third-order valence-corrected chi connectivity index (χ3v) is 7.08. The molecule has 9 heteroatoms. The van der Waals surface area contributed by atoms with Gasteiger partial charge in [-0.05, 0) is 37.4 Å². The summed E-state index contributed by atoms with van der Waals surface area (Å²) in [5, 5.41) is 9.07. The number of rotatable bonds is 8. The molecule has 3 aromatic rings. The Morgan fingerprint density at radius 2 is 1.53 bits per heavy atom. The molecular weight excluding hydrogens is 456 g/mol. The predicted octanol–water partition coefficient (Wildman–Crippen LogP) is 1.68. The summed E-state index contributed by atoms with van der Waals surface area (Å²) in [6.07, 6.45) is 0. The fraction of sp³-hybridized carbons (Fsp3) is 0.407. The van der Waals surface area contributed by atoms with Crippen LogP contribution in [0.25, 0.3) is 10.8 Å². The van der Waals surface area contributed by atoms with Crippen molar-refractivity contribution in [3.63, 3.8) is 0 Å². The number of carbonyl (C=O) groups excluding carboxylic acids is 3. The van der Waals surface area contributed by atoms with Crippen LogP contribution in [0.1, 0.15) is 32.1 Å². The summed E-state index contributed by atoms with van der Waals surface area (Å²) in [6.45, 7) is 9.66. The van der Waals surface area contributed by atoms with Crippen LogP contribution >= 0.6 is 0 Å². The van der Waals surface area contributed by atoms with Crippen LogP contribution in [0.5, 0.6) is 0 Å². The molecule has 3 amide bonds. The molecule has 0 unspecified atom stereocenters. The molecule has 0 saturated carbocycles. The Kier molecular flexibility index (Phi) is 6.84. The molecule has 1 aromatic heterocycles. The van der Waals surface area contributed by atoms with E-state index in [9.17, 15) is 14.4 Å². The van der Waals surface area contributed by atoms with E-state index in [4.69, 9.17) is 0 Å². The first-order valence-corrected chi connectivity index (χ1v) is 12.5. The van der Waals surface area contributed by atoms with Crippen molar-refractivity contribution >= 4 is 28.5 Å². The minimum absolute atomic E-state index is 0.0160. The van der Waals surface area contributed by atoms with E-state index in [0.29, 0.717) is 43.9 Å². The van der Waals surface area contributed by atoms with Gasteiger partial charge in [-0.15, -0.1) is 0 Å². The summed E-state index contributed by atoms with van der Waals surface area (Å²) in [6, 6.07) is 13.2. The summed E-state index contributed by atoms with van der Waals surface area (Å²) in [5.41, 5.74) is 3.26. The molecule has 1 saturated heterocycles. The lowest BCUT2D eigenvalue weighted by molar-refractivity contribution is -0.122. The third kappa shape index (κ3) is 4.89. The molecule has 3 heterocycles. The second kappa shape index (κ2) is 10.2. The lowest BCUT2D eigenvalue weighted by atomic mass is 9.94. The zero-order valence-corrected chi connectivity index (χ0v) is 20.9. The Labute approximate surface area is 210 Å². The van der Waals surface area contributed by atoms with E-state index in [1.165, 1.54) is 4.90 Å². The molecule has 0 atom stereocenters. The number of nitrogens with zero attached hydrogens (tertiary/aromatic N) is 5. The second-order valence-electron chi connectivity index (χ2n) is 9.59. The Morgan fingerprint density at radius 1 is 0.889 bits per heavy atom. The van der Waals surface area contributed by atoms with Crippen molar-refractivity contribution in [2.24, 2.45) is 0 Å². The van der Waals surface area contributed by atoms with Crippen LogP contribution < -0.4 is 5.32 Å². The van der Waals surface area contributed by atoms with Gasteiger partial charge in [0.15, 0.2) is 0 Å². The number of aromatic nitrogens is 2. The number of aryl methyl sites for hydroxylation is 2. The van der Waals surface area contributed by atoms with Crippen molar-refractivity contribution in [2.45, 2.75) is 20.4 Å². The minimum Gasteiger partial charge on any atom is -0.353 e. The highest BCUT2D eigenvalue weighted by atomic mass is 16.2. The lowest BCUT2D eigenvalue weighted by Crippen LogP contribution is -2.52. The number of amides is 3. The number of piperazine rings is 1. The second-order valence-corrected chi connectivity index (χ2v) is 9.59. The van der Waals surface area contributed by atoms with Gasteiger partial charge in [0.25, 0.3) is 11.8 Å². The molecule has 5 rings (SSSR count). The molecule has 2 aliphatic rings. The molecule has 9 nitrogen and oxygen atoms in total. The van der Waals surface area contributed by atoms with Gasteiger partial charge in [-0.1, -0.05) is 24.3 Å². The van der Waals surface area contributed by atoms with Crippen LogP contribution in [-0.2, 0) is 11.3 Å². The largest absolute Gasteiger partial charge is 0.353 e. The highest BCUT2D eigenvalue weighted by Gasteiger charge is 2.32. The van der Waals surface area contributed by atoms with Crippen molar-refractivity contribution in [2.75, 3.05) is 52.4 Å². The smallest absolute Gasteiger partial charge is 0.261 e. The van der Waals surface area contributed by atoms with Crippen LogP contribution in [0.3, 0.4) is 0 Å². The Hall–Kier alpha value is -3.56. The zero-order valence-electron chi connectivity index (χ0n) is 20.9. The maximum atomic E-state index is 13.1. The topological polar surface area (TPSA) is 90.8 Å². The fourth-order valence-electron chi connectivity index (χ4n) is 5.16. The van der Waals surface area contributed by atoms with Crippen LogP contribution in [0.2, 0.25) is 0 Å².